The van der Waals surface area contributed by atoms with Crippen molar-refractivity contribution in [2.24, 2.45) is 5.92 Å². The van der Waals surface area contributed by atoms with E-state index in [9.17, 15) is 4.79 Å². The van der Waals surface area contributed by atoms with Gasteiger partial charge in [-0.2, -0.15) is 0 Å². The first-order chi connectivity index (χ1) is 9.34. The number of fused-ring (bicyclic) bond motifs is 1. The molecule has 0 bridgehead atoms. The zero-order valence-electron chi connectivity index (χ0n) is 11.8. The van der Waals surface area contributed by atoms with E-state index in [0.717, 1.165) is 38.4 Å². The molecule has 1 saturated carbocycles. The van der Waals surface area contributed by atoms with Crippen LogP contribution in [0.25, 0.3) is 0 Å². The lowest BCUT2D eigenvalue weighted by atomic mass is 9.92. The number of carbonyl (C=O) groups is 1. The molecule has 0 spiro atoms. The van der Waals surface area contributed by atoms with Crippen molar-refractivity contribution in [1.82, 2.24) is 10.2 Å². The van der Waals surface area contributed by atoms with Crippen molar-refractivity contribution in [2.75, 3.05) is 26.2 Å². The van der Waals surface area contributed by atoms with Crippen molar-refractivity contribution in [1.29, 1.82) is 0 Å². The van der Waals surface area contributed by atoms with Gasteiger partial charge in [0.25, 0.3) is 0 Å². The SMILES string of the molecule is O=C(COC1CCNCC1)N1CCCC2CCCC21. The monoisotopic (exact) mass is 266 g/mol. The van der Waals surface area contributed by atoms with Gasteiger partial charge in [-0.1, -0.05) is 6.42 Å². The van der Waals surface area contributed by atoms with Crippen LogP contribution >= 0.6 is 0 Å². The summed E-state index contributed by atoms with van der Waals surface area (Å²) < 4.78 is 5.82. The van der Waals surface area contributed by atoms with Crippen molar-refractivity contribution in [3.8, 4) is 0 Å². The summed E-state index contributed by atoms with van der Waals surface area (Å²) in [6.07, 6.45) is 8.71. The molecule has 3 rings (SSSR count). The number of amides is 1. The predicted molar refractivity (Wildman–Crippen MR) is 73.9 cm³/mol. The molecule has 2 heterocycles. The van der Waals surface area contributed by atoms with Gasteiger partial charge in [-0.25, -0.2) is 0 Å². The van der Waals surface area contributed by atoms with Crippen LogP contribution < -0.4 is 5.32 Å². The van der Waals surface area contributed by atoms with Crippen molar-refractivity contribution in [3.05, 3.63) is 0 Å². The van der Waals surface area contributed by atoms with Gasteiger partial charge in [0.05, 0.1) is 6.10 Å². The van der Waals surface area contributed by atoms with E-state index < -0.39 is 0 Å². The Hall–Kier alpha value is -0.610. The van der Waals surface area contributed by atoms with E-state index in [-0.39, 0.29) is 12.0 Å². The van der Waals surface area contributed by atoms with Gasteiger partial charge in [-0.15, -0.1) is 0 Å². The Bertz CT molecular complexity index is 315. The summed E-state index contributed by atoms with van der Waals surface area (Å²) in [5, 5.41) is 3.32. The largest absolute Gasteiger partial charge is 0.368 e. The summed E-state index contributed by atoms with van der Waals surface area (Å²) in [5.41, 5.74) is 0. The number of carbonyl (C=O) groups excluding carboxylic acids is 1. The first kappa shape index (κ1) is 13.4. The van der Waals surface area contributed by atoms with Crippen LogP contribution in [0.2, 0.25) is 0 Å². The van der Waals surface area contributed by atoms with Gasteiger partial charge in [0.2, 0.25) is 5.91 Å². The Morgan fingerprint density at radius 2 is 1.89 bits per heavy atom. The van der Waals surface area contributed by atoms with Gasteiger partial charge in [-0.05, 0) is 57.5 Å². The topological polar surface area (TPSA) is 41.6 Å². The fourth-order valence-corrected chi connectivity index (χ4v) is 4.00. The molecule has 4 nitrogen and oxygen atoms in total. The zero-order valence-corrected chi connectivity index (χ0v) is 11.8. The van der Waals surface area contributed by atoms with E-state index in [1.807, 2.05) is 0 Å². The maximum absolute atomic E-state index is 12.4. The van der Waals surface area contributed by atoms with Crippen LogP contribution in [-0.2, 0) is 9.53 Å². The Morgan fingerprint density at radius 3 is 2.74 bits per heavy atom. The Kier molecular flexibility index (Phi) is 4.38. The molecule has 0 radical (unpaired) electrons. The number of rotatable bonds is 3. The van der Waals surface area contributed by atoms with Gasteiger partial charge < -0.3 is 15.0 Å². The predicted octanol–water partition coefficient (Wildman–Crippen LogP) is 1.55. The average Bonchev–Trinajstić information content (AvgIpc) is 2.94. The summed E-state index contributed by atoms with van der Waals surface area (Å²) in [7, 11) is 0. The minimum Gasteiger partial charge on any atom is -0.368 e. The molecule has 0 aromatic rings. The molecule has 0 aromatic carbocycles. The maximum Gasteiger partial charge on any atom is 0.248 e. The van der Waals surface area contributed by atoms with Crippen LogP contribution in [0.5, 0.6) is 0 Å². The first-order valence-electron chi connectivity index (χ1n) is 7.96. The molecular weight excluding hydrogens is 240 g/mol. The summed E-state index contributed by atoms with van der Waals surface area (Å²) in [6, 6.07) is 0.526. The molecule has 2 unspecified atom stereocenters. The number of nitrogens with one attached hydrogen (secondary N) is 1. The first-order valence-corrected chi connectivity index (χ1v) is 7.96. The molecule has 1 amide bonds. The quantitative estimate of drug-likeness (QED) is 0.842. The van der Waals surface area contributed by atoms with Crippen LogP contribution in [0, 0.1) is 5.92 Å². The highest BCUT2D eigenvalue weighted by atomic mass is 16.5. The Balaban J connectivity index is 1.48. The number of hydrogen-bond acceptors (Lipinski definition) is 3. The normalized spacial score (nSPS) is 32.3. The van der Waals surface area contributed by atoms with E-state index in [1.54, 1.807) is 0 Å². The second-order valence-corrected chi connectivity index (χ2v) is 6.25. The van der Waals surface area contributed by atoms with Crippen LogP contribution in [0.1, 0.15) is 44.9 Å². The van der Waals surface area contributed by atoms with E-state index in [4.69, 9.17) is 4.74 Å². The van der Waals surface area contributed by atoms with E-state index in [2.05, 4.69) is 10.2 Å². The van der Waals surface area contributed by atoms with Crippen molar-refractivity contribution in [3.63, 3.8) is 0 Å². The third-order valence-corrected chi connectivity index (χ3v) is 5.04. The number of hydrogen-bond donors (Lipinski definition) is 1. The number of ether oxygens (including phenoxy) is 1. The fourth-order valence-electron chi connectivity index (χ4n) is 4.00. The van der Waals surface area contributed by atoms with Crippen LogP contribution in [0.4, 0.5) is 0 Å². The molecule has 1 aliphatic carbocycles. The molecular formula is C15H26N2O2. The van der Waals surface area contributed by atoms with Gasteiger partial charge in [0, 0.05) is 12.6 Å². The molecule has 19 heavy (non-hydrogen) atoms. The summed E-state index contributed by atoms with van der Waals surface area (Å²) in [6.45, 7) is 3.30. The Morgan fingerprint density at radius 1 is 1.11 bits per heavy atom. The highest BCUT2D eigenvalue weighted by Gasteiger charge is 2.37. The van der Waals surface area contributed by atoms with Crippen molar-refractivity contribution < 1.29 is 9.53 Å². The Labute approximate surface area is 115 Å². The van der Waals surface area contributed by atoms with E-state index in [0.29, 0.717) is 12.6 Å². The standard InChI is InChI=1S/C15H26N2O2/c18-15(11-19-13-6-8-16-9-7-13)17-10-2-4-12-3-1-5-14(12)17/h12-14,16H,1-11H2. The third-order valence-electron chi connectivity index (χ3n) is 5.04. The molecule has 2 saturated heterocycles. The highest BCUT2D eigenvalue weighted by molar-refractivity contribution is 5.78. The van der Waals surface area contributed by atoms with Gasteiger partial charge in [0.1, 0.15) is 6.61 Å². The lowest BCUT2D eigenvalue weighted by Gasteiger charge is -2.38. The summed E-state index contributed by atoms with van der Waals surface area (Å²) in [4.78, 5) is 14.5. The van der Waals surface area contributed by atoms with Crippen molar-refractivity contribution >= 4 is 5.91 Å². The number of nitrogens with zero attached hydrogens (tertiary/aromatic N) is 1. The molecule has 2 atom stereocenters. The lowest BCUT2D eigenvalue weighted by Crippen LogP contribution is -2.48. The van der Waals surface area contributed by atoms with Crippen molar-refractivity contribution in [2.45, 2.75) is 57.1 Å². The summed E-state index contributed by atoms with van der Waals surface area (Å²) >= 11 is 0. The molecule has 0 aromatic heterocycles. The molecule has 1 N–H and O–H groups in total. The van der Waals surface area contributed by atoms with Gasteiger partial charge in [-0.3, -0.25) is 4.79 Å². The second-order valence-electron chi connectivity index (χ2n) is 6.25. The maximum atomic E-state index is 12.4. The molecule has 3 fully saturated rings. The molecule has 108 valence electrons. The van der Waals surface area contributed by atoms with E-state index >= 15 is 0 Å². The molecule has 4 heteroatoms. The highest BCUT2D eigenvalue weighted by Crippen LogP contribution is 2.36. The lowest BCUT2D eigenvalue weighted by molar-refractivity contribution is -0.143. The minimum atomic E-state index is 0.232. The fraction of sp³-hybridized carbons (Fsp3) is 0.933. The van der Waals surface area contributed by atoms with Gasteiger partial charge in [0.15, 0.2) is 0 Å². The number of likely N-dealkylation sites (tertiary alicyclic amines) is 1. The third kappa shape index (κ3) is 3.11. The van der Waals surface area contributed by atoms with Crippen LogP contribution in [0.3, 0.4) is 0 Å². The minimum absolute atomic E-state index is 0.232. The van der Waals surface area contributed by atoms with E-state index in [1.165, 1.54) is 32.1 Å². The van der Waals surface area contributed by atoms with Crippen LogP contribution in [-0.4, -0.2) is 49.2 Å². The molecule has 3 aliphatic rings. The van der Waals surface area contributed by atoms with Gasteiger partial charge >= 0.3 is 0 Å². The second kappa shape index (κ2) is 6.23. The summed E-state index contributed by atoms with van der Waals surface area (Å²) in [5.74, 6) is 1.01. The number of piperidine rings is 2. The average molecular weight is 266 g/mol. The smallest absolute Gasteiger partial charge is 0.248 e. The zero-order chi connectivity index (χ0) is 13.1. The molecule has 2 aliphatic heterocycles. The van der Waals surface area contributed by atoms with Crippen LogP contribution in [0.15, 0.2) is 0 Å².